The Hall–Kier alpha value is -2.57. The maximum Gasteiger partial charge on any atom is 0.315 e. The van der Waals surface area contributed by atoms with E-state index in [0.717, 1.165) is 0 Å². The van der Waals surface area contributed by atoms with Crippen LogP contribution in [0.25, 0.3) is 0 Å². The summed E-state index contributed by atoms with van der Waals surface area (Å²) in [6, 6.07) is 3.52. The van der Waals surface area contributed by atoms with Crippen LogP contribution in [0, 0.1) is 5.82 Å². The summed E-state index contributed by atoms with van der Waals surface area (Å²) in [7, 11) is 1.51. The van der Waals surface area contributed by atoms with Gasteiger partial charge in [0, 0.05) is 31.0 Å². The molecule has 2 N–H and O–H groups in total. The summed E-state index contributed by atoms with van der Waals surface area (Å²) in [5.74, 6) is 0.164. The zero-order valence-corrected chi connectivity index (χ0v) is 12.5. The van der Waals surface area contributed by atoms with Crippen LogP contribution in [0.15, 0.2) is 36.9 Å². The second-order valence-electron chi connectivity index (χ2n) is 4.81. The molecule has 0 aliphatic heterocycles. The number of amides is 2. The van der Waals surface area contributed by atoms with Gasteiger partial charge in [-0.05, 0) is 25.1 Å². The highest BCUT2D eigenvalue weighted by molar-refractivity contribution is 5.74. The van der Waals surface area contributed by atoms with Crippen LogP contribution >= 0.6 is 0 Å². The molecule has 0 spiro atoms. The Morgan fingerprint density at radius 2 is 2.32 bits per heavy atom. The van der Waals surface area contributed by atoms with Crippen molar-refractivity contribution in [2.75, 3.05) is 13.7 Å². The molecule has 7 heteroatoms. The van der Waals surface area contributed by atoms with Crippen molar-refractivity contribution in [3.63, 3.8) is 0 Å². The third-order valence-electron chi connectivity index (χ3n) is 3.22. The summed E-state index contributed by atoms with van der Waals surface area (Å²) in [5.41, 5.74) is 0.590. The number of nitrogens with zero attached hydrogens (tertiary/aromatic N) is 2. The molecular formula is C15H19FN4O2. The highest BCUT2D eigenvalue weighted by atomic mass is 19.1. The Kier molecular flexibility index (Phi) is 5.35. The molecule has 0 fully saturated rings. The first-order valence-corrected chi connectivity index (χ1v) is 6.93. The van der Waals surface area contributed by atoms with Crippen molar-refractivity contribution in [2.24, 2.45) is 0 Å². The molecule has 0 bridgehead atoms. The minimum absolute atomic E-state index is 0.320. The quantitative estimate of drug-likeness (QED) is 0.858. The monoisotopic (exact) mass is 306 g/mol. The molecule has 2 amide bonds. The number of hydrogen-bond acceptors (Lipinski definition) is 3. The molecule has 0 saturated carbocycles. The number of benzene rings is 1. The molecule has 0 saturated heterocycles. The Labute approximate surface area is 128 Å². The lowest BCUT2D eigenvalue weighted by Crippen LogP contribution is -2.38. The van der Waals surface area contributed by atoms with Gasteiger partial charge in [0.15, 0.2) is 0 Å². The summed E-state index contributed by atoms with van der Waals surface area (Å²) in [6.07, 6.45) is 5.18. The van der Waals surface area contributed by atoms with E-state index in [1.807, 2.05) is 10.8 Å². The highest BCUT2D eigenvalue weighted by Crippen LogP contribution is 2.25. The Balaban J connectivity index is 1.86. The third kappa shape index (κ3) is 4.21. The fraction of sp³-hybridized carbons (Fsp3) is 0.333. The Morgan fingerprint density at radius 3 is 3.00 bits per heavy atom. The van der Waals surface area contributed by atoms with Gasteiger partial charge in [0.25, 0.3) is 0 Å². The van der Waals surface area contributed by atoms with Crippen LogP contribution in [0.5, 0.6) is 5.75 Å². The van der Waals surface area contributed by atoms with Gasteiger partial charge in [-0.3, -0.25) is 0 Å². The molecule has 118 valence electrons. The van der Waals surface area contributed by atoms with E-state index >= 15 is 0 Å². The number of methoxy groups -OCH3 is 1. The van der Waals surface area contributed by atoms with Crippen LogP contribution in [0.1, 0.15) is 18.5 Å². The SMILES string of the molecule is COc1ccc(F)cc1C(C)NC(=O)NCCn1ccnc1. The van der Waals surface area contributed by atoms with Gasteiger partial charge in [-0.15, -0.1) is 0 Å². The van der Waals surface area contributed by atoms with Gasteiger partial charge in [-0.25, -0.2) is 14.2 Å². The van der Waals surface area contributed by atoms with Gasteiger partial charge in [0.05, 0.1) is 19.5 Å². The van der Waals surface area contributed by atoms with Gasteiger partial charge in [-0.1, -0.05) is 0 Å². The number of ether oxygens (including phenoxy) is 1. The van der Waals surface area contributed by atoms with Crippen molar-refractivity contribution in [2.45, 2.75) is 19.5 Å². The number of halogens is 1. The average Bonchev–Trinajstić information content (AvgIpc) is 3.00. The normalized spacial score (nSPS) is 11.8. The summed E-state index contributed by atoms with van der Waals surface area (Å²) in [5, 5.41) is 5.50. The first kappa shape index (κ1) is 15.8. The van der Waals surface area contributed by atoms with Crippen molar-refractivity contribution in [1.82, 2.24) is 20.2 Å². The van der Waals surface area contributed by atoms with E-state index in [4.69, 9.17) is 4.74 Å². The number of carbonyl (C=O) groups excluding carboxylic acids is 1. The molecule has 1 atom stereocenters. The maximum atomic E-state index is 13.3. The molecule has 22 heavy (non-hydrogen) atoms. The number of carbonyl (C=O) groups is 1. The molecule has 0 aliphatic rings. The molecule has 1 heterocycles. The van der Waals surface area contributed by atoms with Gasteiger partial charge in [0.2, 0.25) is 0 Å². The van der Waals surface area contributed by atoms with E-state index in [0.29, 0.717) is 24.4 Å². The van der Waals surface area contributed by atoms with Crippen LogP contribution in [0.3, 0.4) is 0 Å². The molecule has 1 aromatic heterocycles. The lowest BCUT2D eigenvalue weighted by Gasteiger charge is -2.18. The van der Waals surface area contributed by atoms with Crippen LogP contribution in [0.2, 0.25) is 0 Å². The minimum atomic E-state index is -0.376. The highest BCUT2D eigenvalue weighted by Gasteiger charge is 2.14. The smallest absolute Gasteiger partial charge is 0.315 e. The van der Waals surface area contributed by atoms with Crippen molar-refractivity contribution in [3.8, 4) is 5.75 Å². The topological polar surface area (TPSA) is 68.2 Å². The number of aromatic nitrogens is 2. The van der Waals surface area contributed by atoms with Crippen LogP contribution in [0.4, 0.5) is 9.18 Å². The van der Waals surface area contributed by atoms with E-state index in [-0.39, 0.29) is 17.9 Å². The van der Waals surface area contributed by atoms with Crippen molar-refractivity contribution in [3.05, 3.63) is 48.3 Å². The third-order valence-corrected chi connectivity index (χ3v) is 3.22. The number of urea groups is 1. The average molecular weight is 306 g/mol. The van der Waals surface area contributed by atoms with Crippen LogP contribution in [-0.2, 0) is 6.54 Å². The van der Waals surface area contributed by atoms with E-state index in [2.05, 4.69) is 15.6 Å². The molecule has 2 aromatic rings. The molecule has 0 aliphatic carbocycles. The molecule has 2 rings (SSSR count). The predicted molar refractivity (Wildman–Crippen MR) is 80.1 cm³/mol. The zero-order chi connectivity index (χ0) is 15.9. The van der Waals surface area contributed by atoms with E-state index in [1.54, 1.807) is 25.5 Å². The Bertz CT molecular complexity index is 616. The first-order valence-electron chi connectivity index (χ1n) is 6.93. The van der Waals surface area contributed by atoms with E-state index < -0.39 is 0 Å². The lowest BCUT2D eigenvalue weighted by molar-refractivity contribution is 0.237. The van der Waals surface area contributed by atoms with Gasteiger partial charge >= 0.3 is 6.03 Å². The number of hydrogen-bond donors (Lipinski definition) is 2. The van der Waals surface area contributed by atoms with Crippen molar-refractivity contribution in [1.29, 1.82) is 0 Å². The van der Waals surface area contributed by atoms with Gasteiger partial charge in [-0.2, -0.15) is 0 Å². The zero-order valence-electron chi connectivity index (χ0n) is 12.5. The van der Waals surface area contributed by atoms with E-state index in [9.17, 15) is 9.18 Å². The minimum Gasteiger partial charge on any atom is -0.496 e. The predicted octanol–water partition coefficient (Wildman–Crippen LogP) is 2.09. The second-order valence-corrected chi connectivity index (χ2v) is 4.81. The summed E-state index contributed by atoms with van der Waals surface area (Å²) >= 11 is 0. The van der Waals surface area contributed by atoms with Gasteiger partial charge < -0.3 is 19.9 Å². The fourth-order valence-corrected chi connectivity index (χ4v) is 2.09. The first-order chi connectivity index (χ1) is 10.6. The van der Waals surface area contributed by atoms with Crippen LogP contribution in [-0.4, -0.2) is 29.2 Å². The van der Waals surface area contributed by atoms with Crippen molar-refractivity contribution < 1.29 is 13.9 Å². The molecular weight excluding hydrogens is 287 g/mol. The largest absolute Gasteiger partial charge is 0.496 e. The fourth-order valence-electron chi connectivity index (χ4n) is 2.09. The van der Waals surface area contributed by atoms with E-state index in [1.165, 1.54) is 19.2 Å². The number of imidazole rings is 1. The van der Waals surface area contributed by atoms with Crippen molar-refractivity contribution >= 4 is 6.03 Å². The Morgan fingerprint density at radius 1 is 1.50 bits per heavy atom. The molecule has 1 aromatic carbocycles. The molecule has 6 nitrogen and oxygen atoms in total. The van der Waals surface area contributed by atoms with Gasteiger partial charge in [0.1, 0.15) is 11.6 Å². The summed E-state index contributed by atoms with van der Waals surface area (Å²) in [6.45, 7) is 2.87. The molecule has 1 unspecified atom stereocenters. The number of nitrogens with one attached hydrogen (secondary N) is 2. The summed E-state index contributed by atoms with van der Waals surface area (Å²) in [4.78, 5) is 15.8. The lowest BCUT2D eigenvalue weighted by atomic mass is 10.1. The maximum absolute atomic E-state index is 13.3. The second kappa shape index (κ2) is 7.44. The van der Waals surface area contributed by atoms with Crippen LogP contribution < -0.4 is 15.4 Å². The summed E-state index contributed by atoms with van der Waals surface area (Å²) < 4.78 is 20.4. The number of rotatable bonds is 6. The standard InChI is InChI=1S/C15H19FN4O2/c1-11(13-9-12(16)3-4-14(13)22-2)19-15(21)18-6-8-20-7-5-17-10-20/h3-5,7,9-11H,6,8H2,1-2H3,(H2,18,19,21). The molecule has 0 radical (unpaired) electrons.